The lowest BCUT2D eigenvalue weighted by Gasteiger charge is -2.02. The summed E-state index contributed by atoms with van der Waals surface area (Å²) in [6, 6.07) is 3.59. The molecule has 0 saturated carbocycles. The summed E-state index contributed by atoms with van der Waals surface area (Å²) in [4.78, 5) is 10.8. The van der Waals surface area contributed by atoms with Crippen molar-refractivity contribution in [1.29, 1.82) is 0 Å². The smallest absolute Gasteiger partial charge is 0.335 e. The molecule has 16 heavy (non-hydrogen) atoms. The van der Waals surface area contributed by atoms with Crippen molar-refractivity contribution in [2.75, 3.05) is 0 Å². The lowest BCUT2D eigenvalue weighted by atomic mass is 10.1. The molecule has 2 aromatic rings. The molecule has 0 aliphatic rings. The Morgan fingerprint density at radius 1 is 1.44 bits per heavy atom. The maximum absolute atomic E-state index is 13.2. The molecule has 0 aliphatic heterocycles. The van der Waals surface area contributed by atoms with Crippen LogP contribution in [0, 0.1) is 5.82 Å². The molecule has 0 radical (unpaired) electrons. The van der Waals surface area contributed by atoms with Crippen LogP contribution in [0.5, 0.6) is 0 Å². The molecule has 0 unspecified atom stereocenters. The number of nitrogens with zero attached hydrogens (tertiary/aromatic N) is 3. The standard InChI is InChI=1S/C10H8FN3O2/c1-14-9(5-12-13-14)6-2-7(10(15)16)4-8(11)3-6/h2-5H,1H3,(H,15,16). The van der Waals surface area contributed by atoms with Crippen LogP contribution in [-0.4, -0.2) is 26.1 Å². The molecule has 0 spiro atoms. The fourth-order valence-corrected chi connectivity index (χ4v) is 1.41. The summed E-state index contributed by atoms with van der Waals surface area (Å²) in [5.74, 6) is -1.77. The third kappa shape index (κ3) is 1.77. The molecular formula is C10H8FN3O2. The highest BCUT2D eigenvalue weighted by molar-refractivity contribution is 5.89. The summed E-state index contributed by atoms with van der Waals surface area (Å²) < 4.78 is 14.6. The van der Waals surface area contributed by atoms with Crippen LogP contribution in [-0.2, 0) is 7.05 Å². The second kappa shape index (κ2) is 3.73. The van der Waals surface area contributed by atoms with Gasteiger partial charge in [-0.3, -0.25) is 0 Å². The van der Waals surface area contributed by atoms with Crippen LogP contribution >= 0.6 is 0 Å². The van der Waals surface area contributed by atoms with E-state index >= 15 is 0 Å². The molecule has 1 aromatic carbocycles. The Bertz CT molecular complexity index is 551. The van der Waals surface area contributed by atoms with Gasteiger partial charge in [0.15, 0.2) is 0 Å². The number of aromatic nitrogens is 3. The Morgan fingerprint density at radius 3 is 2.75 bits per heavy atom. The van der Waals surface area contributed by atoms with Crippen molar-refractivity contribution in [1.82, 2.24) is 15.0 Å². The van der Waals surface area contributed by atoms with Crippen molar-refractivity contribution >= 4 is 5.97 Å². The third-order valence-corrected chi connectivity index (χ3v) is 2.15. The normalized spacial score (nSPS) is 10.4. The summed E-state index contributed by atoms with van der Waals surface area (Å²) in [5.41, 5.74) is 0.892. The summed E-state index contributed by atoms with van der Waals surface area (Å²) in [5, 5.41) is 16.1. The van der Waals surface area contributed by atoms with Gasteiger partial charge in [-0.1, -0.05) is 5.21 Å². The highest BCUT2D eigenvalue weighted by Gasteiger charge is 2.10. The number of carbonyl (C=O) groups is 1. The molecule has 0 atom stereocenters. The third-order valence-electron chi connectivity index (χ3n) is 2.15. The average Bonchev–Trinajstić information content (AvgIpc) is 2.63. The van der Waals surface area contributed by atoms with E-state index in [4.69, 9.17) is 5.11 Å². The number of aromatic carboxylic acids is 1. The quantitative estimate of drug-likeness (QED) is 0.830. The zero-order valence-electron chi connectivity index (χ0n) is 8.38. The van der Waals surface area contributed by atoms with Crippen LogP contribution in [0.2, 0.25) is 0 Å². The number of halogens is 1. The predicted molar refractivity (Wildman–Crippen MR) is 53.4 cm³/mol. The number of rotatable bonds is 2. The molecule has 0 aliphatic carbocycles. The Labute approximate surface area is 90.1 Å². The van der Waals surface area contributed by atoms with Crippen LogP contribution in [0.15, 0.2) is 24.4 Å². The first-order valence-electron chi connectivity index (χ1n) is 4.47. The van der Waals surface area contributed by atoms with Gasteiger partial charge in [-0.05, 0) is 18.2 Å². The predicted octanol–water partition coefficient (Wildman–Crippen LogP) is 1.32. The van der Waals surface area contributed by atoms with Crippen LogP contribution in [0.3, 0.4) is 0 Å². The molecule has 2 rings (SSSR count). The monoisotopic (exact) mass is 221 g/mol. The van der Waals surface area contributed by atoms with Crippen molar-refractivity contribution in [3.63, 3.8) is 0 Å². The fourth-order valence-electron chi connectivity index (χ4n) is 1.41. The second-order valence-corrected chi connectivity index (χ2v) is 3.28. The first-order valence-corrected chi connectivity index (χ1v) is 4.47. The van der Waals surface area contributed by atoms with E-state index in [1.165, 1.54) is 23.0 Å². The molecule has 6 heteroatoms. The Kier molecular flexibility index (Phi) is 2.40. The van der Waals surface area contributed by atoms with E-state index in [1.54, 1.807) is 7.05 Å². The van der Waals surface area contributed by atoms with Crippen molar-refractivity contribution < 1.29 is 14.3 Å². The van der Waals surface area contributed by atoms with E-state index in [1.807, 2.05) is 0 Å². The van der Waals surface area contributed by atoms with Gasteiger partial charge in [-0.2, -0.15) is 0 Å². The molecule has 1 heterocycles. The van der Waals surface area contributed by atoms with Crippen LogP contribution in [0.4, 0.5) is 4.39 Å². The molecular weight excluding hydrogens is 213 g/mol. The van der Waals surface area contributed by atoms with Crippen LogP contribution in [0.25, 0.3) is 11.3 Å². The molecule has 0 bridgehead atoms. The number of hydrogen-bond acceptors (Lipinski definition) is 3. The fraction of sp³-hybridized carbons (Fsp3) is 0.100. The van der Waals surface area contributed by atoms with Gasteiger partial charge in [-0.25, -0.2) is 13.9 Å². The first-order chi connectivity index (χ1) is 7.58. The maximum atomic E-state index is 13.2. The van der Waals surface area contributed by atoms with Crippen molar-refractivity contribution in [2.45, 2.75) is 0 Å². The van der Waals surface area contributed by atoms with Crippen molar-refractivity contribution in [3.8, 4) is 11.3 Å². The van der Waals surface area contributed by atoms with E-state index in [2.05, 4.69) is 10.3 Å². The van der Waals surface area contributed by atoms with Gasteiger partial charge in [0.1, 0.15) is 5.82 Å². The van der Waals surface area contributed by atoms with E-state index < -0.39 is 11.8 Å². The molecule has 1 N–H and O–H groups in total. The number of carboxylic acid groups (broad SMARTS) is 1. The topological polar surface area (TPSA) is 68.0 Å². The second-order valence-electron chi connectivity index (χ2n) is 3.28. The Hall–Kier alpha value is -2.24. The average molecular weight is 221 g/mol. The Balaban J connectivity index is 2.58. The Morgan fingerprint density at radius 2 is 2.19 bits per heavy atom. The van der Waals surface area contributed by atoms with Gasteiger partial charge in [0.25, 0.3) is 0 Å². The molecule has 82 valence electrons. The largest absolute Gasteiger partial charge is 0.478 e. The summed E-state index contributed by atoms with van der Waals surface area (Å²) in [7, 11) is 1.65. The molecule has 0 amide bonds. The van der Waals surface area contributed by atoms with E-state index in [0.717, 1.165) is 6.07 Å². The lowest BCUT2D eigenvalue weighted by molar-refractivity contribution is 0.0696. The van der Waals surface area contributed by atoms with Gasteiger partial charge in [0.2, 0.25) is 0 Å². The summed E-state index contributed by atoms with van der Waals surface area (Å²) in [6.07, 6.45) is 1.44. The molecule has 0 saturated heterocycles. The molecule has 0 fully saturated rings. The maximum Gasteiger partial charge on any atom is 0.335 e. The zero-order chi connectivity index (χ0) is 11.7. The lowest BCUT2D eigenvalue weighted by Crippen LogP contribution is -1.99. The highest BCUT2D eigenvalue weighted by atomic mass is 19.1. The number of carboxylic acids is 1. The first kappa shape index (κ1) is 10.3. The minimum Gasteiger partial charge on any atom is -0.478 e. The van der Waals surface area contributed by atoms with E-state index in [0.29, 0.717) is 11.3 Å². The SMILES string of the molecule is Cn1nncc1-c1cc(F)cc(C(=O)O)c1. The minimum atomic E-state index is -1.17. The van der Waals surface area contributed by atoms with Gasteiger partial charge in [0, 0.05) is 12.6 Å². The van der Waals surface area contributed by atoms with Crippen LogP contribution < -0.4 is 0 Å². The summed E-state index contributed by atoms with van der Waals surface area (Å²) >= 11 is 0. The molecule has 5 nitrogen and oxygen atoms in total. The van der Waals surface area contributed by atoms with E-state index in [9.17, 15) is 9.18 Å². The zero-order valence-corrected chi connectivity index (χ0v) is 8.38. The van der Waals surface area contributed by atoms with Crippen LogP contribution in [0.1, 0.15) is 10.4 Å². The minimum absolute atomic E-state index is 0.101. The van der Waals surface area contributed by atoms with Crippen molar-refractivity contribution in [3.05, 3.63) is 35.8 Å². The number of hydrogen-bond donors (Lipinski definition) is 1. The van der Waals surface area contributed by atoms with Gasteiger partial charge < -0.3 is 5.11 Å². The van der Waals surface area contributed by atoms with Gasteiger partial charge in [-0.15, -0.1) is 5.10 Å². The van der Waals surface area contributed by atoms with E-state index in [-0.39, 0.29) is 5.56 Å². The van der Waals surface area contributed by atoms with Gasteiger partial charge in [0.05, 0.1) is 17.5 Å². The number of aryl methyl sites for hydroxylation is 1. The number of benzene rings is 1. The highest BCUT2D eigenvalue weighted by Crippen LogP contribution is 2.20. The summed E-state index contributed by atoms with van der Waals surface area (Å²) in [6.45, 7) is 0. The molecule has 1 aromatic heterocycles. The van der Waals surface area contributed by atoms with Gasteiger partial charge >= 0.3 is 5.97 Å². The van der Waals surface area contributed by atoms with Crippen molar-refractivity contribution in [2.24, 2.45) is 7.05 Å².